The van der Waals surface area contributed by atoms with Crippen molar-refractivity contribution in [2.75, 3.05) is 6.54 Å². The largest absolute Gasteiger partial charge is 0.328 e. The van der Waals surface area contributed by atoms with Crippen LogP contribution >= 0.6 is 45.2 Å². The van der Waals surface area contributed by atoms with E-state index in [0.29, 0.717) is 12.6 Å². The molecule has 0 saturated heterocycles. The van der Waals surface area contributed by atoms with Gasteiger partial charge in [0, 0.05) is 12.6 Å². The van der Waals surface area contributed by atoms with Crippen molar-refractivity contribution in [2.24, 2.45) is 5.73 Å². The first-order valence-electron chi connectivity index (χ1n) is 3.24. The van der Waals surface area contributed by atoms with E-state index in [1.54, 1.807) is 0 Å². The van der Waals surface area contributed by atoms with Crippen LogP contribution < -0.4 is 5.73 Å². The summed E-state index contributed by atoms with van der Waals surface area (Å²) in [7, 11) is 0. The molecule has 0 bridgehead atoms. The lowest BCUT2D eigenvalue weighted by Crippen LogP contribution is -2.16. The molecule has 0 aliphatic rings. The number of imidazole rings is 1. The predicted octanol–water partition coefficient (Wildman–Crippen LogP) is 1.61. The van der Waals surface area contributed by atoms with Crippen LogP contribution in [0.15, 0.2) is 6.33 Å². The average molecular weight is 377 g/mol. The standard InChI is InChI=1S/C6H9I2N3/c1-4(2-9)11-3-10-5(7)6(11)8/h3-4H,2,9H2,1H3. The van der Waals surface area contributed by atoms with E-state index in [9.17, 15) is 0 Å². The Morgan fingerprint density at radius 3 is 2.73 bits per heavy atom. The third kappa shape index (κ3) is 2.05. The second-order valence-corrected chi connectivity index (χ2v) is 4.36. The zero-order valence-corrected chi connectivity index (χ0v) is 10.4. The van der Waals surface area contributed by atoms with Crippen molar-refractivity contribution in [3.8, 4) is 0 Å². The van der Waals surface area contributed by atoms with Crippen LogP contribution in [0.3, 0.4) is 0 Å². The van der Waals surface area contributed by atoms with Gasteiger partial charge in [-0.2, -0.15) is 0 Å². The van der Waals surface area contributed by atoms with Gasteiger partial charge in [0.15, 0.2) is 0 Å². The summed E-state index contributed by atoms with van der Waals surface area (Å²) in [5.41, 5.74) is 5.53. The second-order valence-electron chi connectivity index (χ2n) is 2.32. The first kappa shape index (κ1) is 9.72. The zero-order chi connectivity index (χ0) is 8.43. The maximum atomic E-state index is 5.53. The molecule has 5 heteroatoms. The maximum absolute atomic E-state index is 5.53. The molecule has 62 valence electrons. The Balaban J connectivity index is 2.94. The molecule has 11 heavy (non-hydrogen) atoms. The van der Waals surface area contributed by atoms with E-state index in [2.05, 4.69) is 61.7 Å². The molecule has 1 aromatic heterocycles. The van der Waals surface area contributed by atoms with Gasteiger partial charge in [0.2, 0.25) is 0 Å². The van der Waals surface area contributed by atoms with E-state index in [4.69, 9.17) is 5.73 Å². The van der Waals surface area contributed by atoms with Crippen LogP contribution in [-0.4, -0.2) is 16.1 Å². The van der Waals surface area contributed by atoms with Gasteiger partial charge in [-0.1, -0.05) is 0 Å². The summed E-state index contributed by atoms with van der Waals surface area (Å²) in [6, 6.07) is 0.345. The van der Waals surface area contributed by atoms with Crippen molar-refractivity contribution >= 4 is 45.2 Å². The fourth-order valence-corrected chi connectivity index (χ4v) is 1.89. The molecule has 1 aromatic rings. The number of halogens is 2. The van der Waals surface area contributed by atoms with Gasteiger partial charge in [-0.3, -0.25) is 0 Å². The van der Waals surface area contributed by atoms with Gasteiger partial charge in [0.05, 0.1) is 6.33 Å². The number of nitrogens with two attached hydrogens (primary N) is 1. The summed E-state index contributed by atoms with van der Waals surface area (Å²) < 4.78 is 4.30. The molecule has 0 radical (unpaired) electrons. The van der Waals surface area contributed by atoms with Gasteiger partial charge in [-0.25, -0.2) is 4.98 Å². The Kier molecular flexibility index (Phi) is 3.56. The van der Waals surface area contributed by atoms with Crippen molar-refractivity contribution in [2.45, 2.75) is 13.0 Å². The summed E-state index contributed by atoms with van der Waals surface area (Å²) in [6.07, 6.45) is 1.83. The molecule has 0 fully saturated rings. The van der Waals surface area contributed by atoms with Crippen LogP contribution in [0, 0.1) is 7.40 Å². The highest BCUT2D eigenvalue weighted by Crippen LogP contribution is 2.16. The second kappa shape index (κ2) is 4.04. The molecule has 1 heterocycles. The summed E-state index contributed by atoms with van der Waals surface area (Å²) >= 11 is 4.49. The fourth-order valence-electron chi connectivity index (χ4n) is 0.744. The maximum Gasteiger partial charge on any atom is 0.132 e. The van der Waals surface area contributed by atoms with E-state index in [-0.39, 0.29) is 0 Å². The number of hydrogen-bond acceptors (Lipinski definition) is 2. The third-order valence-corrected chi connectivity index (χ3v) is 4.40. The number of nitrogens with zero attached hydrogens (tertiary/aromatic N) is 2. The molecule has 3 nitrogen and oxygen atoms in total. The molecule has 1 rings (SSSR count). The Hall–Kier alpha value is 0.630. The van der Waals surface area contributed by atoms with Gasteiger partial charge < -0.3 is 10.3 Å². The fraction of sp³-hybridized carbons (Fsp3) is 0.500. The molecule has 0 saturated carbocycles. The van der Waals surface area contributed by atoms with Gasteiger partial charge >= 0.3 is 0 Å². The van der Waals surface area contributed by atoms with Crippen LogP contribution in [0.2, 0.25) is 0 Å². The van der Waals surface area contributed by atoms with E-state index in [1.165, 1.54) is 3.70 Å². The molecule has 0 spiro atoms. The van der Waals surface area contributed by atoms with Crippen molar-refractivity contribution in [1.29, 1.82) is 0 Å². The minimum atomic E-state index is 0.345. The lowest BCUT2D eigenvalue weighted by atomic mass is 10.3. The molecular formula is C6H9I2N3. The third-order valence-electron chi connectivity index (χ3n) is 1.51. The quantitative estimate of drug-likeness (QED) is 0.797. The van der Waals surface area contributed by atoms with Crippen LogP contribution in [0.4, 0.5) is 0 Å². The van der Waals surface area contributed by atoms with E-state index >= 15 is 0 Å². The van der Waals surface area contributed by atoms with Crippen molar-refractivity contribution in [1.82, 2.24) is 9.55 Å². The first-order valence-corrected chi connectivity index (χ1v) is 5.40. The SMILES string of the molecule is CC(CN)n1cnc(I)c1I. The zero-order valence-electron chi connectivity index (χ0n) is 6.09. The van der Waals surface area contributed by atoms with Crippen LogP contribution in [-0.2, 0) is 0 Å². The van der Waals surface area contributed by atoms with Crippen molar-refractivity contribution in [3.63, 3.8) is 0 Å². The van der Waals surface area contributed by atoms with Crippen LogP contribution in [0.1, 0.15) is 13.0 Å². The predicted molar refractivity (Wildman–Crippen MR) is 61.4 cm³/mol. The first-order chi connectivity index (χ1) is 5.16. The Morgan fingerprint density at radius 2 is 2.36 bits per heavy atom. The van der Waals surface area contributed by atoms with Crippen molar-refractivity contribution < 1.29 is 0 Å². The minimum absolute atomic E-state index is 0.345. The monoisotopic (exact) mass is 377 g/mol. The lowest BCUT2D eigenvalue weighted by Gasteiger charge is -2.10. The molecule has 0 aromatic carbocycles. The highest BCUT2D eigenvalue weighted by atomic mass is 127. The number of aromatic nitrogens is 2. The van der Waals surface area contributed by atoms with Gasteiger partial charge in [0.1, 0.15) is 7.40 Å². The van der Waals surface area contributed by atoms with Crippen molar-refractivity contribution in [3.05, 3.63) is 13.7 Å². The highest BCUT2D eigenvalue weighted by molar-refractivity contribution is 14.1. The number of hydrogen-bond donors (Lipinski definition) is 1. The van der Waals surface area contributed by atoms with Gasteiger partial charge in [-0.05, 0) is 52.1 Å². The van der Waals surface area contributed by atoms with Crippen LogP contribution in [0.5, 0.6) is 0 Å². The Morgan fingerprint density at radius 1 is 1.73 bits per heavy atom. The van der Waals surface area contributed by atoms with E-state index in [1.807, 2.05) is 6.33 Å². The Bertz CT molecular complexity index is 246. The van der Waals surface area contributed by atoms with Gasteiger partial charge in [-0.15, -0.1) is 0 Å². The summed E-state index contributed by atoms with van der Waals surface area (Å²) in [6.45, 7) is 2.74. The molecule has 0 aliphatic heterocycles. The molecule has 2 N–H and O–H groups in total. The normalized spacial score (nSPS) is 13.5. The van der Waals surface area contributed by atoms with E-state index in [0.717, 1.165) is 3.70 Å². The summed E-state index contributed by atoms with van der Waals surface area (Å²) in [5.74, 6) is 0. The summed E-state index contributed by atoms with van der Waals surface area (Å²) in [4.78, 5) is 4.17. The molecule has 1 unspecified atom stereocenters. The Labute approximate surface area is 93.0 Å². The van der Waals surface area contributed by atoms with Gasteiger partial charge in [0.25, 0.3) is 0 Å². The molecule has 0 aliphatic carbocycles. The molecule has 0 amide bonds. The summed E-state index contributed by atoms with van der Waals surface area (Å²) in [5, 5.41) is 0. The molecular weight excluding hydrogens is 368 g/mol. The van der Waals surface area contributed by atoms with E-state index < -0.39 is 0 Å². The highest BCUT2D eigenvalue weighted by Gasteiger charge is 2.08. The minimum Gasteiger partial charge on any atom is -0.328 e. The van der Waals surface area contributed by atoms with Crippen LogP contribution in [0.25, 0.3) is 0 Å². The lowest BCUT2D eigenvalue weighted by molar-refractivity contribution is 0.547. The average Bonchev–Trinajstić information content (AvgIpc) is 2.32. The number of rotatable bonds is 2. The smallest absolute Gasteiger partial charge is 0.132 e. The molecule has 1 atom stereocenters. The topological polar surface area (TPSA) is 43.8 Å².